The van der Waals surface area contributed by atoms with Gasteiger partial charge in [0.05, 0.1) is 11.3 Å². The summed E-state index contributed by atoms with van der Waals surface area (Å²) in [4.78, 5) is 15.9. The van der Waals surface area contributed by atoms with Crippen LogP contribution < -0.4 is 0 Å². The van der Waals surface area contributed by atoms with Crippen LogP contribution in [0.2, 0.25) is 0 Å². The van der Waals surface area contributed by atoms with Gasteiger partial charge in [-0.3, -0.25) is 4.79 Å². The fraction of sp³-hybridized carbons (Fsp3) is 0. The number of carbonyl (C=O) groups is 1. The Morgan fingerprint density at radius 2 is 1.54 bits per heavy atom. The Balaban J connectivity index is 1.81. The van der Waals surface area contributed by atoms with Crippen molar-refractivity contribution in [3.63, 3.8) is 0 Å². The van der Waals surface area contributed by atoms with Crippen molar-refractivity contribution in [1.29, 1.82) is 0 Å². The van der Waals surface area contributed by atoms with Crippen LogP contribution in [0.15, 0.2) is 84.9 Å². The van der Waals surface area contributed by atoms with E-state index >= 15 is 0 Å². The van der Waals surface area contributed by atoms with Crippen molar-refractivity contribution in [3.05, 3.63) is 96.1 Å². The Morgan fingerprint density at radius 1 is 0.846 bits per heavy atom. The molecule has 0 unspecified atom stereocenters. The topological polar surface area (TPSA) is 53.1 Å². The number of nitrogens with one attached hydrogen (secondary N) is 1. The molecule has 0 fully saturated rings. The number of para-hydroxylation sites is 2. The quantitative estimate of drug-likeness (QED) is 0.384. The average Bonchev–Trinajstić information content (AvgIpc) is 3.06. The minimum atomic E-state index is -0.229. The van der Waals surface area contributed by atoms with Gasteiger partial charge in [-0.25, -0.2) is 0 Å². The van der Waals surface area contributed by atoms with Gasteiger partial charge in [-0.1, -0.05) is 60.7 Å². The van der Waals surface area contributed by atoms with E-state index in [0.717, 1.165) is 27.7 Å². The van der Waals surface area contributed by atoms with E-state index in [1.54, 1.807) is 18.2 Å². The molecule has 2 N–H and O–H groups in total. The van der Waals surface area contributed by atoms with Gasteiger partial charge in [0.2, 0.25) is 0 Å². The first-order valence-electron chi connectivity index (χ1n) is 8.40. The molecule has 4 rings (SSSR count). The number of allylic oxidation sites excluding steroid dienone is 1. The van der Waals surface area contributed by atoms with E-state index in [4.69, 9.17) is 0 Å². The summed E-state index contributed by atoms with van der Waals surface area (Å²) >= 11 is 0. The average molecular weight is 339 g/mol. The van der Waals surface area contributed by atoms with Gasteiger partial charge in [-0.05, 0) is 35.9 Å². The molecule has 3 aromatic carbocycles. The van der Waals surface area contributed by atoms with Crippen LogP contribution in [0.4, 0.5) is 0 Å². The number of aromatic hydroxyl groups is 1. The molecule has 1 heterocycles. The Bertz CT molecular complexity index is 1110. The van der Waals surface area contributed by atoms with Crippen molar-refractivity contribution in [2.75, 3.05) is 0 Å². The lowest BCUT2D eigenvalue weighted by molar-refractivity contribution is 0.104. The van der Waals surface area contributed by atoms with Crippen molar-refractivity contribution >= 4 is 22.8 Å². The summed E-state index contributed by atoms with van der Waals surface area (Å²) in [5.41, 5.74) is 4.29. The van der Waals surface area contributed by atoms with Gasteiger partial charge in [0.1, 0.15) is 5.75 Å². The van der Waals surface area contributed by atoms with Crippen molar-refractivity contribution in [3.8, 4) is 17.0 Å². The minimum absolute atomic E-state index is 0.00985. The van der Waals surface area contributed by atoms with E-state index in [0.29, 0.717) is 5.56 Å². The summed E-state index contributed by atoms with van der Waals surface area (Å²) < 4.78 is 0. The van der Waals surface area contributed by atoms with Crippen molar-refractivity contribution < 1.29 is 9.90 Å². The maximum Gasteiger partial charge on any atom is 0.189 e. The molecule has 3 nitrogen and oxygen atoms in total. The molecule has 0 atom stereocenters. The first-order valence-corrected chi connectivity index (χ1v) is 8.40. The highest BCUT2D eigenvalue weighted by Gasteiger charge is 2.12. The van der Waals surface area contributed by atoms with Gasteiger partial charge in [-0.2, -0.15) is 0 Å². The third-order valence-corrected chi connectivity index (χ3v) is 4.38. The SMILES string of the molecule is O=C(C=Cc1c(-c2ccccc2)[nH]c2ccccc12)c1ccccc1O. The number of hydrogen-bond acceptors (Lipinski definition) is 2. The number of hydrogen-bond donors (Lipinski definition) is 2. The summed E-state index contributed by atoms with van der Waals surface area (Å²) in [5, 5.41) is 10.9. The standard InChI is InChI=1S/C23H17NO2/c25-21-13-7-5-11-19(21)22(26)15-14-18-17-10-4-6-12-20(17)24-23(18)16-8-2-1-3-9-16/h1-15,24-25H. The summed E-state index contributed by atoms with van der Waals surface area (Å²) in [6.07, 6.45) is 3.33. The van der Waals surface area contributed by atoms with Crippen LogP contribution >= 0.6 is 0 Å². The highest BCUT2D eigenvalue weighted by molar-refractivity contribution is 6.10. The summed E-state index contributed by atoms with van der Waals surface area (Å²) in [7, 11) is 0. The Kier molecular flexibility index (Phi) is 4.12. The molecule has 1 aromatic heterocycles. The molecule has 0 saturated heterocycles. The summed E-state index contributed by atoms with van der Waals surface area (Å²) in [6, 6.07) is 24.6. The molecule has 0 aliphatic heterocycles. The predicted octanol–water partition coefficient (Wildman–Crippen LogP) is 5.44. The van der Waals surface area contributed by atoms with Gasteiger partial charge >= 0.3 is 0 Å². The van der Waals surface area contributed by atoms with Crippen LogP contribution in [0.3, 0.4) is 0 Å². The molecule has 0 spiro atoms. The van der Waals surface area contributed by atoms with E-state index in [1.807, 2.05) is 60.7 Å². The largest absolute Gasteiger partial charge is 0.507 e. The molecule has 26 heavy (non-hydrogen) atoms. The first kappa shape index (κ1) is 15.9. The second-order valence-electron chi connectivity index (χ2n) is 6.04. The molecular formula is C23H17NO2. The number of phenols is 1. The molecule has 0 aliphatic rings. The third-order valence-electron chi connectivity index (χ3n) is 4.38. The van der Waals surface area contributed by atoms with Crippen molar-refractivity contribution in [2.45, 2.75) is 0 Å². The molecule has 3 heteroatoms. The zero-order chi connectivity index (χ0) is 17.9. The maximum atomic E-state index is 12.5. The van der Waals surface area contributed by atoms with Crippen LogP contribution in [0.25, 0.3) is 28.2 Å². The fourth-order valence-corrected chi connectivity index (χ4v) is 3.10. The molecule has 0 saturated carbocycles. The lowest BCUT2D eigenvalue weighted by Gasteiger charge is -2.02. The van der Waals surface area contributed by atoms with Crippen LogP contribution in [-0.4, -0.2) is 15.9 Å². The zero-order valence-electron chi connectivity index (χ0n) is 14.0. The summed E-state index contributed by atoms with van der Waals surface area (Å²) in [6.45, 7) is 0. The van der Waals surface area contributed by atoms with Crippen molar-refractivity contribution in [2.24, 2.45) is 0 Å². The highest BCUT2D eigenvalue weighted by atomic mass is 16.3. The normalized spacial score (nSPS) is 11.2. The van der Waals surface area contributed by atoms with Gasteiger partial charge in [0, 0.05) is 16.5 Å². The smallest absolute Gasteiger partial charge is 0.189 e. The number of benzene rings is 3. The maximum absolute atomic E-state index is 12.5. The highest BCUT2D eigenvalue weighted by Crippen LogP contribution is 2.31. The molecule has 4 aromatic rings. The molecule has 0 bridgehead atoms. The van der Waals surface area contributed by atoms with E-state index in [9.17, 15) is 9.90 Å². The van der Waals surface area contributed by atoms with Crippen LogP contribution in [-0.2, 0) is 0 Å². The van der Waals surface area contributed by atoms with Gasteiger partial charge < -0.3 is 10.1 Å². The lowest BCUT2D eigenvalue weighted by atomic mass is 10.0. The fourth-order valence-electron chi connectivity index (χ4n) is 3.10. The Morgan fingerprint density at radius 3 is 2.35 bits per heavy atom. The number of H-pyrrole nitrogens is 1. The summed E-state index contributed by atoms with van der Waals surface area (Å²) in [5.74, 6) is -0.239. The van der Waals surface area contributed by atoms with E-state index < -0.39 is 0 Å². The monoisotopic (exact) mass is 339 g/mol. The minimum Gasteiger partial charge on any atom is -0.507 e. The van der Waals surface area contributed by atoms with E-state index in [1.165, 1.54) is 12.1 Å². The molecule has 0 radical (unpaired) electrons. The van der Waals surface area contributed by atoms with E-state index in [2.05, 4.69) is 4.98 Å². The van der Waals surface area contributed by atoms with Gasteiger partial charge in [-0.15, -0.1) is 0 Å². The van der Waals surface area contributed by atoms with Crippen molar-refractivity contribution in [1.82, 2.24) is 4.98 Å². The van der Waals surface area contributed by atoms with Gasteiger partial charge in [0.15, 0.2) is 5.78 Å². The third kappa shape index (κ3) is 2.91. The zero-order valence-corrected chi connectivity index (χ0v) is 14.0. The van der Waals surface area contributed by atoms with Crippen LogP contribution in [0, 0.1) is 0 Å². The molecule has 126 valence electrons. The Labute approximate surface area is 151 Å². The van der Waals surface area contributed by atoms with Gasteiger partial charge in [0.25, 0.3) is 0 Å². The molecule has 0 aliphatic carbocycles. The van der Waals surface area contributed by atoms with E-state index in [-0.39, 0.29) is 11.5 Å². The molecular weight excluding hydrogens is 322 g/mol. The van der Waals surface area contributed by atoms with Crippen LogP contribution in [0.5, 0.6) is 5.75 Å². The Hall–Kier alpha value is -3.59. The predicted molar refractivity (Wildman–Crippen MR) is 105 cm³/mol. The lowest BCUT2D eigenvalue weighted by Crippen LogP contribution is -1.94. The number of fused-ring (bicyclic) bond motifs is 1. The second kappa shape index (κ2) is 6.73. The number of aromatic amines is 1. The second-order valence-corrected chi connectivity index (χ2v) is 6.04. The number of phenolic OH excluding ortho intramolecular Hbond substituents is 1. The number of aromatic nitrogens is 1. The molecule has 0 amide bonds. The number of carbonyl (C=O) groups excluding carboxylic acids is 1. The van der Waals surface area contributed by atoms with Crippen LogP contribution in [0.1, 0.15) is 15.9 Å². The number of rotatable bonds is 4. The number of ketones is 1. The first-order chi connectivity index (χ1) is 12.7.